The van der Waals surface area contributed by atoms with Gasteiger partial charge in [-0.15, -0.1) is 0 Å². The number of methoxy groups -OCH3 is 1. The highest BCUT2D eigenvalue weighted by Gasteiger charge is 2.20. The monoisotopic (exact) mass is 327 g/mol. The molecule has 8 heteroatoms. The van der Waals surface area contributed by atoms with Crippen LogP contribution in [0.2, 0.25) is 0 Å². The first-order valence-electron chi connectivity index (χ1n) is 7.02. The lowest BCUT2D eigenvalue weighted by atomic mass is 10.2. The summed E-state index contributed by atoms with van der Waals surface area (Å²) >= 11 is 0. The molecular weight excluding hydrogens is 308 g/mol. The average Bonchev–Trinajstić information content (AvgIpc) is 2.79. The van der Waals surface area contributed by atoms with Gasteiger partial charge in [-0.3, -0.25) is 10.00 Å². The van der Waals surface area contributed by atoms with E-state index in [0.717, 1.165) is 4.68 Å². The van der Waals surface area contributed by atoms with Gasteiger partial charge in [0.1, 0.15) is 17.7 Å². The Balaban J connectivity index is 2.39. The SMILES string of the molecule is COc1c(NC(=O)OC(C)(C)C)ccc2cnn(CC(F)F)c12. The van der Waals surface area contributed by atoms with Crippen molar-refractivity contribution in [2.75, 3.05) is 12.4 Å². The van der Waals surface area contributed by atoms with Crippen molar-refractivity contribution < 1.29 is 23.0 Å². The molecule has 0 saturated carbocycles. The molecule has 0 spiro atoms. The number of rotatable bonds is 4. The Hall–Kier alpha value is -2.38. The lowest BCUT2D eigenvalue weighted by Crippen LogP contribution is -2.27. The predicted molar refractivity (Wildman–Crippen MR) is 82.1 cm³/mol. The Morgan fingerprint density at radius 1 is 1.39 bits per heavy atom. The summed E-state index contributed by atoms with van der Waals surface area (Å²) in [6.07, 6.45) is -1.74. The van der Waals surface area contributed by atoms with Crippen molar-refractivity contribution in [2.45, 2.75) is 39.3 Å². The van der Waals surface area contributed by atoms with Crippen molar-refractivity contribution in [3.05, 3.63) is 18.3 Å². The zero-order valence-corrected chi connectivity index (χ0v) is 13.4. The van der Waals surface area contributed by atoms with Gasteiger partial charge < -0.3 is 9.47 Å². The minimum Gasteiger partial charge on any atom is -0.492 e. The van der Waals surface area contributed by atoms with Crippen LogP contribution < -0.4 is 10.1 Å². The highest BCUT2D eigenvalue weighted by atomic mass is 19.3. The van der Waals surface area contributed by atoms with Gasteiger partial charge in [-0.05, 0) is 32.9 Å². The van der Waals surface area contributed by atoms with E-state index in [9.17, 15) is 13.6 Å². The lowest BCUT2D eigenvalue weighted by molar-refractivity contribution is 0.0635. The molecule has 1 N–H and O–H groups in total. The number of carbonyl (C=O) groups excluding carboxylic acids is 1. The van der Waals surface area contributed by atoms with Gasteiger partial charge in [0.15, 0.2) is 5.75 Å². The van der Waals surface area contributed by atoms with Crippen molar-refractivity contribution in [2.24, 2.45) is 0 Å². The van der Waals surface area contributed by atoms with Crippen molar-refractivity contribution >= 4 is 22.7 Å². The smallest absolute Gasteiger partial charge is 0.412 e. The van der Waals surface area contributed by atoms with Crippen LogP contribution in [0.25, 0.3) is 10.9 Å². The second-order valence-electron chi connectivity index (χ2n) is 5.93. The summed E-state index contributed by atoms with van der Waals surface area (Å²) in [6.45, 7) is 4.66. The first-order chi connectivity index (χ1) is 10.7. The molecule has 0 saturated heterocycles. The number of amides is 1. The molecule has 126 valence electrons. The molecule has 6 nitrogen and oxygen atoms in total. The molecule has 2 aromatic rings. The Kier molecular flexibility index (Phi) is 4.72. The number of ether oxygens (including phenoxy) is 2. The van der Waals surface area contributed by atoms with E-state index in [0.29, 0.717) is 16.6 Å². The number of fused-ring (bicyclic) bond motifs is 1. The van der Waals surface area contributed by atoms with Crippen LogP contribution in [0, 0.1) is 0 Å². The maximum atomic E-state index is 12.7. The molecule has 0 aliphatic carbocycles. The second-order valence-corrected chi connectivity index (χ2v) is 5.93. The van der Waals surface area contributed by atoms with Gasteiger partial charge in [0.2, 0.25) is 0 Å². The Labute approximate surface area is 132 Å². The van der Waals surface area contributed by atoms with Crippen LogP contribution >= 0.6 is 0 Å². The van der Waals surface area contributed by atoms with E-state index in [-0.39, 0.29) is 5.75 Å². The minimum atomic E-state index is -2.55. The first-order valence-corrected chi connectivity index (χ1v) is 7.02. The van der Waals surface area contributed by atoms with Crippen molar-refractivity contribution in [1.29, 1.82) is 0 Å². The van der Waals surface area contributed by atoms with Crippen LogP contribution in [0.5, 0.6) is 5.75 Å². The summed E-state index contributed by atoms with van der Waals surface area (Å²) in [4.78, 5) is 11.9. The van der Waals surface area contributed by atoms with Gasteiger partial charge in [-0.2, -0.15) is 5.10 Å². The zero-order chi connectivity index (χ0) is 17.2. The normalized spacial score (nSPS) is 11.8. The van der Waals surface area contributed by atoms with Gasteiger partial charge in [0.05, 0.1) is 19.0 Å². The molecule has 1 amide bonds. The highest BCUT2D eigenvalue weighted by Crippen LogP contribution is 2.34. The van der Waals surface area contributed by atoms with E-state index in [4.69, 9.17) is 9.47 Å². The zero-order valence-electron chi connectivity index (χ0n) is 13.4. The number of hydrogen-bond acceptors (Lipinski definition) is 4. The van der Waals surface area contributed by atoms with Crippen LogP contribution in [0.3, 0.4) is 0 Å². The average molecular weight is 327 g/mol. The number of hydrogen-bond donors (Lipinski definition) is 1. The van der Waals surface area contributed by atoms with Gasteiger partial charge in [0.25, 0.3) is 6.43 Å². The predicted octanol–water partition coefficient (Wildman–Crippen LogP) is 3.66. The van der Waals surface area contributed by atoms with Gasteiger partial charge >= 0.3 is 6.09 Å². The minimum absolute atomic E-state index is 0.256. The van der Waals surface area contributed by atoms with E-state index in [1.165, 1.54) is 13.3 Å². The van der Waals surface area contributed by atoms with Crippen LogP contribution in [0.1, 0.15) is 20.8 Å². The Morgan fingerprint density at radius 3 is 2.65 bits per heavy atom. The molecule has 0 bridgehead atoms. The maximum Gasteiger partial charge on any atom is 0.412 e. The van der Waals surface area contributed by atoms with Crippen LogP contribution in [-0.4, -0.2) is 35.0 Å². The van der Waals surface area contributed by atoms with E-state index in [1.807, 2.05) is 0 Å². The highest BCUT2D eigenvalue weighted by molar-refractivity contribution is 5.96. The molecule has 0 radical (unpaired) electrons. The van der Waals surface area contributed by atoms with Gasteiger partial charge in [-0.1, -0.05) is 0 Å². The molecule has 0 atom stereocenters. The van der Waals surface area contributed by atoms with Crippen LogP contribution in [0.15, 0.2) is 18.3 Å². The number of anilines is 1. The Morgan fingerprint density at radius 2 is 2.09 bits per heavy atom. The lowest BCUT2D eigenvalue weighted by Gasteiger charge is -2.20. The standard InChI is InChI=1S/C15H19F2N3O3/c1-15(2,3)23-14(21)19-10-6-5-9-7-18-20(8-11(16)17)12(9)13(10)22-4/h5-7,11H,8H2,1-4H3,(H,19,21). The summed E-state index contributed by atoms with van der Waals surface area (Å²) in [6, 6.07) is 3.28. The third-order valence-electron chi connectivity index (χ3n) is 2.91. The van der Waals surface area contributed by atoms with E-state index >= 15 is 0 Å². The summed E-state index contributed by atoms with van der Waals surface area (Å²) < 4.78 is 37.0. The first kappa shape index (κ1) is 17.0. The molecule has 0 aliphatic heterocycles. The number of halogens is 2. The van der Waals surface area contributed by atoms with Gasteiger partial charge in [-0.25, -0.2) is 13.6 Å². The summed E-state index contributed by atoms with van der Waals surface area (Å²) in [5.41, 5.74) is 0.0606. The summed E-state index contributed by atoms with van der Waals surface area (Å²) in [5.74, 6) is 0.256. The molecule has 23 heavy (non-hydrogen) atoms. The topological polar surface area (TPSA) is 65.4 Å². The third kappa shape index (κ3) is 4.08. The molecule has 1 aromatic heterocycles. The quantitative estimate of drug-likeness (QED) is 0.931. The summed E-state index contributed by atoms with van der Waals surface area (Å²) in [5, 5.41) is 7.14. The third-order valence-corrected chi connectivity index (χ3v) is 2.91. The second kappa shape index (κ2) is 6.39. The molecule has 1 heterocycles. The molecule has 0 aliphatic rings. The fourth-order valence-electron chi connectivity index (χ4n) is 2.13. The summed E-state index contributed by atoms with van der Waals surface area (Å²) in [7, 11) is 1.40. The number of nitrogens with zero attached hydrogens (tertiary/aromatic N) is 2. The van der Waals surface area contributed by atoms with Crippen molar-refractivity contribution in [3.63, 3.8) is 0 Å². The number of carbonyl (C=O) groups is 1. The number of alkyl halides is 2. The van der Waals surface area contributed by atoms with Crippen molar-refractivity contribution in [3.8, 4) is 5.75 Å². The van der Waals surface area contributed by atoms with Crippen molar-refractivity contribution in [1.82, 2.24) is 9.78 Å². The number of aromatic nitrogens is 2. The molecule has 0 unspecified atom stereocenters. The molecule has 2 rings (SSSR count). The van der Waals surface area contributed by atoms with Crippen LogP contribution in [-0.2, 0) is 11.3 Å². The molecule has 1 aromatic carbocycles. The van der Waals surface area contributed by atoms with Crippen LogP contribution in [0.4, 0.5) is 19.3 Å². The maximum absolute atomic E-state index is 12.7. The number of benzene rings is 1. The Bertz CT molecular complexity index is 708. The fraction of sp³-hybridized carbons (Fsp3) is 0.467. The molecule has 0 fully saturated rings. The van der Waals surface area contributed by atoms with E-state index < -0.39 is 24.7 Å². The van der Waals surface area contributed by atoms with E-state index in [1.54, 1.807) is 32.9 Å². The largest absolute Gasteiger partial charge is 0.492 e. The van der Waals surface area contributed by atoms with E-state index in [2.05, 4.69) is 10.4 Å². The fourth-order valence-corrected chi connectivity index (χ4v) is 2.13. The van der Waals surface area contributed by atoms with Gasteiger partial charge in [0, 0.05) is 5.39 Å². The molecular formula is C15H19F2N3O3. The number of nitrogens with one attached hydrogen (secondary N) is 1.